The fourth-order valence-corrected chi connectivity index (χ4v) is 3.07. The fourth-order valence-electron chi connectivity index (χ4n) is 3.07. The van der Waals surface area contributed by atoms with Crippen molar-refractivity contribution in [3.63, 3.8) is 0 Å². The molecular weight excluding hydrogens is 254 g/mol. The number of rotatable bonds is 6. The van der Waals surface area contributed by atoms with Crippen molar-refractivity contribution in [1.82, 2.24) is 15.1 Å². The molecule has 2 rings (SSSR count). The molecule has 116 valence electrons. The molecule has 0 radical (unpaired) electrons. The van der Waals surface area contributed by atoms with E-state index in [1.807, 2.05) is 11.9 Å². The predicted molar refractivity (Wildman–Crippen MR) is 79.7 cm³/mol. The summed E-state index contributed by atoms with van der Waals surface area (Å²) in [6.07, 6.45) is 4.53. The van der Waals surface area contributed by atoms with Crippen LogP contribution in [-0.2, 0) is 9.53 Å². The average molecular weight is 283 g/mol. The number of amides is 1. The maximum atomic E-state index is 12.1. The van der Waals surface area contributed by atoms with Crippen molar-refractivity contribution in [3.8, 4) is 0 Å². The second kappa shape index (κ2) is 8.60. The summed E-state index contributed by atoms with van der Waals surface area (Å²) in [6, 6.07) is 0. The molecule has 0 aromatic rings. The van der Waals surface area contributed by atoms with Crippen LogP contribution in [0.3, 0.4) is 0 Å². The van der Waals surface area contributed by atoms with Crippen molar-refractivity contribution in [2.24, 2.45) is 5.92 Å². The SMILES string of the molecule is CNCCC1CCN(CCC(=O)N2CCOCC2)CC1. The average Bonchev–Trinajstić information content (AvgIpc) is 2.52. The zero-order chi connectivity index (χ0) is 14.2. The number of piperidine rings is 1. The van der Waals surface area contributed by atoms with E-state index >= 15 is 0 Å². The molecule has 2 heterocycles. The van der Waals surface area contributed by atoms with Gasteiger partial charge < -0.3 is 19.9 Å². The second-order valence-corrected chi connectivity index (χ2v) is 5.92. The Morgan fingerprint density at radius 1 is 1.20 bits per heavy atom. The summed E-state index contributed by atoms with van der Waals surface area (Å²) in [5.74, 6) is 1.17. The van der Waals surface area contributed by atoms with E-state index in [0.29, 0.717) is 25.5 Å². The van der Waals surface area contributed by atoms with Gasteiger partial charge in [-0.3, -0.25) is 4.79 Å². The van der Waals surface area contributed by atoms with E-state index in [1.165, 1.54) is 19.3 Å². The van der Waals surface area contributed by atoms with E-state index in [-0.39, 0.29) is 0 Å². The van der Waals surface area contributed by atoms with E-state index in [9.17, 15) is 4.79 Å². The molecule has 0 spiro atoms. The van der Waals surface area contributed by atoms with Gasteiger partial charge in [-0.1, -0.05) is 0 Å². The number of hydrogen-bond donors (Lipinski definition) is 1. The van der Waals surface area contributed by atoms with Crippen LogP contribution in [-0.4, -0.2) is 75.2 Å². The molecule has 1 amide bonds. The Labute approximate surface area is 122 Å². The third kappa shape index (κ3) is 5.04. The summed E-state index contributed by atoms with van der Waals surface area (Å²) in [6.45, 7) is 7.30. The maximum absolute atomic E-state index is 12.1. The summed E-state index contributed by atoms with van der Waals surface area (Å²) >= 11 is 0. The zero-order valence-electron chi connectivity index (χ0n) is 12.8. The van der Waals surface area contributed by atoms with Crippen LogP contribution in [0.5, 0.6) is 0 Å². The molecule has 0 aromatic heterocycles. The monoisotopic (exact) mass is 283 g/mol. The van der Waals surface area contributed by atoms with Crippen molar-refractivity contribution in [1.29, 1.82) is 0 Å². The molecule has 1 N–H and O–H groups in total. The molecular formula is C15H29N3O2. The minimum absolute atomic E-state index is 0.297. The van der Waals surface area contributed by atoms with Gasteiger partial charge in [0.25, 0.3) is 0 Å². The Bertz CT molecular complexity index is 285. The third-order valence-electron chi connectivity index (χ3n) is 4.52. The first kappa shape index (κ1) is 15.7. The topological polar surface area (TPSA) is 44.8 Å². The lowest BCUT2D eigenvalue weighted by Crippen LogP contribution is -2.43. The summed E-state index contributed by atoms with van der Waals surface area (Å²) in [7, 11) is 2.02. The standard InChI is InChI=1S/C15H29N3O2/c1-16-6-2-14-3-7-17(8-4-14)9-5-15(19)18-10-12-20-13-11-18/h14,16H,2-13H2,1H3. The number of nitrogens with one attached hydrogen (secondary N) is 1. The number of carbonyl (C=O) groups excluding carboxylic acids is 1. The van der Waals surface area contributed by atoms with Crippen LogP contribution in [0, 0.1) is 5.92 Å². The number of morpholine rings is 1. The van der Waals surface area contributed by atoms with Crippen LogP contribution < -0.4 is 5.32 Å². The van der Waals surface area contributed by atoms with Gasteiger partial charge >= 0.3 is 0 Å². The molecule has 2 aliphatic heterocycles. The Balaban J connectivity index is 1.59. The van der Waals surface area contributed by atoms with E-state index in [1.54, 1.807) is 0 Å². The summed E-state index contributed by atoms with van der Waals surface area (Å²) in [5.41, 5.74) is 0. The normalized spacial score (nSPS) is 22.1. The van der Waals surface area contributed by atoms with E-state index < -0.39 is 0 Å². The van der Waals surface area contributed by atoms with Crippen LogP contribution in [0.25, 0.3) is 0 Å². The first-order valence-corrected chi connectivity index (χ1v) is 8.02. The Morgan fingerprint density at radius 3 is 2.55 bits per heavy atom. The minimum atomic E-state index is 0.297. The Kier molecular flexibility index (Phi) is 6.76. The van der Waals surface area contributed by atoms with Crippen molar-refractivity contribution in [2.75, 3.05) is 59.5 Å². The number of carbonyl (C=O) groups is 1. The van der Waals surface area contributed by atoms with Gasteiger partial charge in [-0.25, -0.2) is 0 Å². The molecule has 5 heteroatoms. The number of nitrogens with zero attached hydrogens (tertiary/aromatic N) is 2. The van der Waals surface area contributed by atoms with Gasteiger partial charge in [-0.2, -0.15) is 0 Å². The highest BCUT2D eigenvalue weighted by Gasteiger charge is 2.21. The van der Waals surface area contributed by atoms with E-state index in [0.717, 1.165) is 45.2 Å². The van der Waals surface area contributed by atoms with Crippen LogP contribution in [0.1, 0.15) is 25.7 Å². The molecule has 0 aromatic carbocycles. The molecule has 0 aliphatic carbocycles. The van der Waals surface area contributed by atoms with Crippen molar-refractivity contribution >= 4 is 5.91 Å². The molecule has 2 fully saturated rings. The van der Waals surface area contributed by atoms with Crippen LogP contribution in [0.4, 0.5) is 0 Å². The van der Waals surface area contributed by atoms with Gasteiger partial charge in [-0.05, 0) is 51.9 Å². The quantitative estimate of drug-likeness (QED) is 0.773. The highest BCUT2D eigenvalue weighted by molar-refractivity contribution is 5.76. The molecule has 0 atom stereocenters. The molecule has 20 heavy (non-hydrogen) atoms. The molecule has 2 aliphatic rings. The number of hydrogen-bond acceptors (Lipinski definition) is 4. The fraction of sp³-hybridized carbons (Fsp3) is 0.933. The maximum Gasteiger partial charge on any atom is 0.224 e. The van der Waals surface area contributed by atoms with Crippen LogP contribution >= 0.6 is 0 Å². The lowest BCUT2D eigenvalue weighted by atomic mass is 9.93. The van der Waals surface area contributed by atoms with E-state index in [2.05, 4.69) is 10.2 Å². The van der Waals surface area contributed by atoms with Gasteiger partial charge in [0.05, 0.1) is 13.2 Å². The summed E-state index contributed by atoms with van der Waals surface area (Å²) in [4.78, 5) is 16.5. The predicted octanol–water partition coefficient (Wildman–Crippen LogP) is 0.557. The van der Waals surface area contributed by atoms with Crippen molar-refractivity contribution < 1.29 is 9.53 Å². The lowest BCUT2D eigenvalue weighted by Gasteiger charge is -2.33. The molecule has 0 bridgehead atoms. The molecule has 2 saturated heterocycles. The number of likely N-dealkylation sites (tertiary alicyclic amines) is 1. The molecule has 0 unspecified atom stereocenters. The van der Waals surface area contributed by atoms with Gasteiger partial charge in [-0.15, -0.1) is 0 Å². The highest BCUT2D eigenvalue weighted by Crippen LogP contribution is 2.20. The smallest absolute Gasteiger partial charge is 0.224 e. The lowest BCUT2D eigenvalue weighted by molar-refractivity contribution is -0.135. The van der Waals surface area contributed by atoms with Gasteiger partial charge in [0, 0.05) is 26.1 Å². The van der Waals surface area contributed by atoms with Gasteiger partial charge in [0.1, 0.15) is 0 Å². The van der Waals surface area contributed by atoms with Crippen molar-refractivity contribution in [3.05, 3.63) is 0 Å². The second-order valence-electron chi connectivity index (χ2n) is 5.92. The minimum Gasteiger partial charge on any atom is -0.378 e. The highest BCUT2D eigenvalue weighted by atomic mass is 16.5. The molecule has 5 nitrogen and oxygen atoms in total. The molecule has 0 saturated carbocycles. The summed E-state index contributed by atoms with van der Waals surface area (Å²) < 4.78 is 5.28. The van der Waals surface area contributed by atoms with Gasteiger partial charge in [0.15, 0.2) is 0 Å². The third-order valence-corrected chi connectivity index (χ3v) is 4.52. The largest absolute Gasteiger partial charge is 0.378 e. The zero-order valence-corrected chi connectivity index (χ0v) is 12.8. The van der Waals surface area contributed by atoms with Gasteiger partial charge in [0.2, 0.25) is 5.91 Å². The van der Waals surface area contributed by atoms with Crippen LogP contribution in [0.15, 0.2) is 0 Å². The Morgan fingerprint density at radius 2 is 1.90 bits per heavy atom. The van der Waals surface area contributed by atoms with Crippen molar-refractivity contribution in [2.45, 2.75) is 25.7 Å². The van der Waals surface area contributed by atoms with E-state index in [4.69, 9.17) is 4.74 Å². The first-order chi connectivity index (χ1) is 9.79. The Hall–Kier alpha value is -0.650. The number of ether oxygens (including phenoxy) is 1. The van der Waals surface area contributed by atoms with Crippen LogP contribution in [0.2, 0.25) is 0 Å². The first-order valence-electron chi connectivity index (χ1n) is 8.02. The summed E-state index contributed by atoms with van der Waals surface area (Å²) in [5, 5.41) is 3.23.